The molecule has 0 saturated heterocycles. The minimum absolute atomic E-state index is 0.0619. The zero-order valence-corrected chi connectivity index (χ0v) is 28.9. The van der Waals surface area contributed by atoms with Crippen molar-refractivity contribution in [2.45, 2.75) is 9.79 Å². The number of nitrogens with two attached hydrogens (primary N) is 1. The highest BCUT2D eigenvalue weighted by molar-refractivity contribution is 7.86. The van der Waals surface area contributed by atoms with Crippen LogP contribution < -0.4 is 11.0 Å². The number of phenolic OH excluding ortho intramolecular Hbond substituents is 2. The summed E-state index contributed by atoms with van der Waals surface area (Å²) in [7, 11) is -10.2. The lowest BCUT2D eigenvalue weighted by molar-refractivity contribution is -0.991. The van der Waals surface area contributed by atoms with Gasteiger partial charge in [0.25, 0.3) is 20.2 Å². The second kappa shape index (κ2) is 14.8. The molecular weight excluding hydrogens is 745 g/mol. The van der Waals surface area contributed by atoms with Crippen LogP contribution in [-0.4, -0.2) is 41.4 Å². The zero-order chi connectivity index (χ0) is 38.8. The zero-order valence-electron chi connectivity index (χ0n) is 27.2. The van der Waals surface area contributed by atoms with Gasteiger partial charge in [-0.05, 0) is 89.3 Å². The molecule has 0 aromatic heterocycles. The Hall–Kier alpha value is -6.52. The summed E-state index contributed by atoms with van der Waals surface area (Å²) in [6, 6.07) is 26.4. The third-order valence-electron chi connectivity index (χ3n) is 7.71. The molecule has 0 saturated carbocycles. The molecule has 0 radical (unpaired) electrons. The second-order valence-corrected chi connectivity index (χ2v) is 14.1. The van der Waals surface area contributed by atoms with Crippen molar-refractivity contribution in [3.63, 3.8) is 0 Å². The molecule has 0 bridgehead atoms. The monoisotopic (exact) mass is 770 g/mol. The highest BCUT2D eigenvalue weighted by Gasteiger charge is 2.28. The molecule has 20 heteroatoms. The maximum atomic E-state index is 12.4. The van der Waals surface area contributed by atoms with Gasteiger partial charge in [-0.3, -0.25) is 9.11 Å². The summed E-state index contributed by atoms with van der Waals surface area (Å²) in [5.74, 6) is -0.810. The van der Waals surface area contributed by atoms with Gasteiger partial charge in [0.2, 0.25) is 0 Å². The van der Waals surface area contributed by atoms with Crippen LogP contribution in [0.2, 0.25) is 0 Å². The van der Waals surface area contributed by atoms with Crippen molar-refractivity contribution in [1.29, 1.82) is 0 Å². The third kappa shape index (κ3) is 8.24. The van der Waals surface area contributed by atoms with E-state index in [1.165, 1.54) is 36.4 Å². The topological polar surface area (TPSA) is 297 Å². The molecule has 6 rings (SSSR count). The Morgan fingerprint density at radius 2 is 0.926 bits per heavy atom. The Morgan fingerprint density at radius 1 is 0.556 bits per heavy atom. The number of benzene rings is 6. The van der Waals surface area contributed by atoms with Gasteiger partial charge in [-0.15, -0.1) is 10.2 Å². The van der Waals surface area contributed by atoms with Gasteiger partial charge in [-0.2, -0.15) is 42.5 Å². The summed E-state index contributed by atoms with van der Waals surface area (Å²) in [6.07, 6.45) is 0. The van der Waals surface area contributed by atoms with Crippen LogP contribution in [0.1, 0.15) is 0 Å². The summed E-state index contributed by atoms with van der Waals surface area (Å²) in [5.41, 5.74) is 7.22. The van der Waals surface area contributed by atoms with E-state index in [0.717, 1.165) is 23.3 Å². The average Bonchev–Trinajstić information content (AvgIpc) is 3.13. The average molecular weight is 771 g/mol. The van der Waals surface area contributed by atoms with Gasteiger partial charge in [-0.25, -0.2) is 5.21 Å². The van der Waals surface area contributed by atoms with Crippen LogP contribution in [0, 0.1) is 5.21 Å². The third-order valence-corrected chi connectivity index (χ3v) is 9.45. The molecular formula is C34H26N8O10S2. The Morgan fingerprint density at radius 3 is 1.35 bits per heavy atom. The van der Waals surface area contributed by atoms with Gasteiger partial charge in [0, 0.05) is 12.1 Å². The predicted molar refractivity (Wildman–Crippen MR) is 194 cm³/mol. The van der Waals surface area contributed by atoms with Crippen LogP contribution >= 0.6 is 0 Å². The largest absolute Gasteiger partial charge is 0.595 e. The molecule has 1 unspecified atom stereocenters. The van der Waals surface area contributed by atoms with Crippen molar-refractivity contribution in [1.82, 2.24) is 0 Å². The lowest BCUT2D eigenvalue weighted by Crippen LogP contribution is -2.99. The van der Waals surface area contributed by atoms with Crippen LogP contribution in [-0.2, 0) is 20.2 Å². The van der Waals surface area contributed by atoms with Crippen molar-refractivity contribution in [3.05, 3.63) is 114 Å². The molecule has 0 heterocycles. The highest BCUT2D eigenvalue weighted by atomic mass is 32.2. The standard InChI is InChI=1S/C34H26N8O10S2/c35-31-30-21(17-28(53(47,48)49)32(31)40-38-24-9-13-26(14-10-24)42(45)46)18-29(54(50,51)52)33(34(30)44)41-39-23-7-3-20(4-8-23)19-1-5-22(6-2-19)36-37-25-11-15-27(43)16-12-25/h1-18,42-45H,35H2,(H,47,48,49)(H,50,51,52). The van der Waals surface area contributed by atoms with Crippen molar-refractivity contribution in [3.8, 4) is 22.6 Å². The Kier molecular flexibility index (Phi) is 10.2. The molecule has 1 atom stereocenters. The van der Waals surface area contributed by atoms with Gasteiger partial charge in [0.05, 0.1) is 33.8 Å². The summed E-state index contributed by atoms with van der Waals surface area (Å²) < 4.78 is 69.5. The van der Waals surface area contributed by atoms with Gasteiger partial charge >= 0.3 is 0 Å². The Bertz CT molecular complexity index is 2690. The van der Waals surface area contributed by atoms with Crippen LogP contribution in [0.4, 0.5) is 45.5 Å². The maximum Gasteiger partial charge on any atom is 0.296 e. The summed E-state index contributed by atoms with van der Waals surface area (Å²) in [4.78, 5) is -1.87. The van der Waals surface area contributed by atoms with Crippen molar-refractivity contribution >= 4 is 76.5 Å². The van der Waals surface area contributed by atoms with Gasteiger partial charge in [0.1, 0.15) is 26.9 Å². The van der Waals surface area contributed by atoms with Crippen LogP contribution in [0.25, 0.3) is 21.9 Å². The molecule has 0 spiro atoms. The SMILES string of the molecule is Nc1c(N=Nc2ccc([NH+]([O-])O)cc2)c(S(=O)(=O)O)cc2cc(S(=O)(=O)O)c(N=Nc3ccc(-c4ccc(N=Nc5ccc(O)cc5)cc4)cc3)c(O)c12. The maximum absolute atomic E-state index is 12.4. The number of azo groups is 3. The van der Waals surface area contributed by atoms with E-state index in [0.29, 0.717) is 11.4 Å². The van der Waals surface area contributed by atoms with Crippen LogP contribution in [0.15, 0.2) is 150 Å². The number of nitrogens with zero attached hydrogens (tertiary/aromatic N) is 6. The van der Waals surface area contributed by atoms with Crippen molar-refractivity contribution < 1.29 is 46.6 Å². The summed E-state index contributed by atoms with van der Waals surface area (Å²) >= 11 is 0. The van der Waals surface area contributed by atoms with E-state index >= 15 is 0 Å². The number of rotatable bonds is 10. The number of hydrogen-bond acceptors (Lipinski definition) is 15. The van der Waals surface area contributed by atoms with Crippen molar-refractivity contribution in [2.24, 2.45) is 30.7 Å². The normalized spacial score (nSPS) is 13.0. The lowest BCUT2D eigenvalue weighted by atomic mass is 10.0. The minimum atomic E-state index is -5.12. The van der Waals surface area contributed by atoms with E-state index in [2.05, 4.69) is 30.7 Å². The first-order valence-corrected chi connectivity index (χ1v) is 18.1. The lowest BCUT2D eigenvalue weighted by Gasteiger charge is -2.14. The number of anilines is 1. The van der Waals surface area contributed by atoms with E-state index in [-0.39, 0.29) is 33.6 Å². The fourth-order valence-corrected chi connectivity index (χ4v) is 6.40. The molecule has 0 aliphatic heterocycles. The van der Waals surface area contributed by atoms with Gasteiger partial charge in [0.15, 0.2) is 11.4 Å². The number of quaternary nitrogens is 1. The van der Waals surface area contributed by atoms with E-state index in [1.54, 1.807) is 48.5 Å². The second-order valence-electron chi connectivity index (χ2n) is 11.3. The van der Waals surface area contributed by atoms with E-state index < -0.39 is 58.1 Å². The number of fused-ring (bicyclic) bond motifs is 1. The highest BCUT2D eigenvalue weighted by Crippen LogP contribution is 2.48. The molecule has 6 aromatic carbocycles. The van der Waals surface area contributed by atoms with Gasteiger partial charge in [-0.1, -0.05) is 24.3 Å². The molecule has 0 fully saturated rings. The van der Waals surface area contributed by atoms with Crippen molar-refractivity contribution in [2.75, 3.05) is 5.73 Å². The molecule has 0 aliphatic rings. The molecule has 6 aromatic rings. The number of nitrogens with one attached hydrogen (secondary N) is 1. The first-order chi connectivity index (χ1) is 25.6. The molecule has 18 nitrogen and oxygen atoms in total. The van der Waals surface area contributed by atoms with Gasteiger partial charge < -0.3 is 21.2 Å². The fraction of sp³-hybridized carbons (Fsp3) is 0. The molecule has 8 N–H and O–H groups in total. The van der Waals surface area contributed by atoms with Crippen LogP contribution in [0.3, 0.4) is 0 Å². The molecule has 0 aliphatic carbocycles. The number of hydrogen-bond donors (Lipinski definition) is 7. The molecule has 0 amide bonds. The smallest absolute Gasteiger partial charge is 0.296 e. The fourth-order valence-electron chi connectivity index (χ4n) is 5.07. The quantitative estimate of drug-likeness (QED) is 0.0307. The van der Waals surface area contributed by atoms with Crippen LogP contribution in [0.5, 0.6) is 11.5 Å². The number of phenols is 2. The minimum Gasteiger partial charge on any atom is -0.595 e. The Labute approximate surface area is 305 Å². The first kappa shape index (κ1) is 37.2. The number of aromatic hydroxyl groups is 2. The Balaban J connectivity index is 1.33. The molecule has 54 heavy (non-hydrogen) atoms. The van der Waals surface area contributed by atoms with E-state index in [4.69, 9.17) is 10.9 Å². The summed E-state index contributed by atoms with van der Waals surface area (Å²) in [5, 5.41) is 62.9. The molecule has 274 valence electrons. The first-order valence-electron chi connectivity index (χ1n) is 15.2. The number of nitrogen functional groups attached to an aromatic ring is 1. The summed E-state index contributed by atoms with van der Waals surface area (Å²) in [6.45, 7) is 0. The van der Waals surface area contributed by atoms with E-state index in [9.17, 15) is 41.4 Å². The van der Waals surface area contributed by atoms with E-state index in [1.807, 2.05) is 12.1 Å². The predicted octanol–water partition coefficient (Wildman–Crippen LogP) is 7.64.